The van der Waals surface area contributed by atoms with E-state index in [1.165, 1.54) is 33.2 Å². The molecule has 2 aromatic carbocycles. The summed E-state index contributed by atoms with van der Waals surface area (Å²) in [6.07, 6.45) is -1.05. The van der Waals surface area contributed by atoms with Crippen molar-refractivity contribution in [2.45, 2.75) is 31.8 Å². The van der Waals surface area contributed by atoms with E-state index in [2.05, 4.69) is 5.32 Å². The number of nitrogens with zero attached hydrogens (tertiary/aromatic N) is 1. The van der Waals surface area contributed by atoms with E-state index in [-0.39, 0.29) is 4.90 Å². The summed E-state index contributed by atoms with van der Waals surface area (Å²) in [5.74, 6) is -1.16. The van der Waals surface area contributed by atoms with Gasteiger partial charge in [-0.25, -0.2) is 17.5 Å². The first-order valence-corrected chi connectivity index (χ1v) is 10.1. The number of benzene rings is 2. The Bertz CT molecular complexity index is 982. The van der Waals surface area contributed by atoms with Crippen molar-refractivity contribution < 1.29 is 22.7 Å². The van der Waals surface area contributed by atoms with Crippen LogP contribution in [0, 0.1) is 13.8 Å². The summed E-state index contributed by atoms with van der Waals surface area (Å²) in [4.78, 5) is 24.7. The third-order valence-electron chi connectivity index (χ3n) is 4.19. The fraction of sp³-hybridized carbons (Fsp3) is 0.300. The molecule has 0 radical (unpaired) electrons. The van der Waals surface area contributed by atoms with Gasteiger partial charge < -0.3 is 10.1 Å². The van der Waals surface area contributed by atoms with E-state index in [1.54, 1.807) is 37.3 Å². The van der Waals surface area contributed by atoms with E-state index in [1.807, 2.05) is 6.92 Å². The van der Waals surface area contributed by atoms with Crippen molar-refractivity contribution in [3.8, 4) is 0 Å². The third kappa shape index (κ3) is 4.96. The minimum absolute atomic E-state index is 0.0581. The molecule has 0 aliphatic rings. The van der Waals surface area contributed by atoms with Crippen LogP contribution in [-0.4, -0.2) is 44.8 Å². The Hall–Kier alpha value is -2.71. The standard InChI is InChI=1S/C20H24N2O5S/c1-13-6-9-16(10-7-13)20(24)27-15(3)19(23)21-18-12-17(11-8-14(18)2)28(25,26)22(4)5/h6-12,15H,1-5H3,(H,21,23). The second-order valence-electron chi connectivity index (χ2n) is 6.67. The van der Waals surface area contributed by atoms with Crippen LogP contribution in [0.1, 0.15) is 28.4 Å². The van der Waals surface area contributed by atoms with Crippen LogP contribution >= 0.6 is 0 Å². The van der Waals surface area contributed by atoms with E-state index in [0.29, 0.717) is 16.8 Å². The van der Waals surface area contributed by atoms with Crippen molar-refractivity contribution >= 4 is 27.6 Å². The monoisotopic (exact) mass is 404 g/mol. The van der Waals surface area contributed by atoms with E-state index in [9.17, 15) is 18.0 Å². The average Bonchev–Trinajstić information content (AvgIpc) is 2.63. The summed E-state index contributed by atoms with van der Waals surface area (Å²) in [6, 6.07) is 11.3. The van der Waals surface area contributed by atoms with E-state index >= 15 is 0 Å². The summed E-state index contributed by atoms with van der Waals surface area (Å²) < 4.78 is 30.9. The molecule has 1 unspecified atom stereocenters. The van der Waals surface area contributed by atoms with Crippen LogP contribution in [0.5, 0.6) is 0 Å². The molecular weight excluding hydrogens is 380 g/mol. The van der Waals surface area contributed by atoms with Crippen LogP contribution in [0.2, 0.25) is 0 Å². The summed E-state index contributed by atoms with van der Waals surface area (Å²) in [5, 5.41) is 2.63. The van der Waals surface area contributed by atoms with Crippen LogP contribution in [-0.2, 0) is 19.6 Å². The number of carbonyl (C=O) groups excluding carboxylic acids is 2. The Morgan fingerprint density at radius 2 is 1.64 bits per heavy atom. The van der Waals surface area contributed by atoms with Crippen molar-refractivity contribution in [2.75, 3.05) is 19.4 Å². The molecule has 0 heterocycles. The second kappa shape index (κ2) is 8.53. The molecule has 28 heavy (non-hydrogen) atoms. The molecule has 0 saturated carbocycles. The number of carbonyl (C=O) groups is 2. The van der Waals surface area contributed by atoms with Gasteiger partial charge in [0.15, 0.2) is 6.10 Å². The van der Waals surface area contributed by atoms with Crippen LogP contribution in [0.4, 0.5) is 5.69 Å². The normalized spacial score (nSPS) is 12.5. The van der Waals surface area contributed by atoms with Gasteiger partial charge in [-0.15, -0.1) is 0 Å². The molecule has 0 aromatic heterocycles. The van der Waals surface area contributed by atoms with E-state index in [4.69, 9.17) is 4.74 Å². The fourth-order valence-electron chi connectivity index (χ4n) is 2.31. The number of esters is 1. The Morgan fingerprint density at radius 1 is 1.04 bits per heavy atom. The molecule has 1 atom stereocenters. The van der Waals surface area contributed by atoms with Crippen LogP contribution in [0.15, 0.2) is 47.4 Å². The molecule has 1 amide bonds. The number of nitrogens with one attached hydrogen (secondary N) is 1. The molecule has 8 heteroatoms. The lowest BCUT2D eigenvalue weighted by Crippen LogP contribution is -2.30. The predicted octanol–water partition coefficient (Wildman–Crippen LogP) is 2.74. The molecule has 1 N–H and O–H groups in total. The summed E-state index contributed by atoms with van der Waals surface area (Å²) in [6.45, 7) is 5.10. The SMILES string of the molecule is Cc1ccc(C(=O)OC(C)C(=O)Nc2cc(S(=O)(=O)N(C)C)ccc2C)cc1. The topological polar surface area (TPSA) is 92.8 Å². The molecule has 0 aliphatic carbocycles. The summed E-state index contributed by atoms with van der Waals surface area (Å²) in [5.41, 5.74) is 2.38. The first kappa shape index (κ1) is 21.6. The Balaban J connectivity index is 2.13. The lowest BCUT2D eigenvalue weighted by atomic mass is 10.1. The maximum absolute atomic E-state index is 12.4. The number of anilines is 1. The number of aryl methyl sites for hydroxylation is 2. The molecule has 2 rings (SSSR count). The number of sulfonamides is 1. The highest BCUT2D eigenvalue weighted by Crippen LogP contribution is 2.22. The zero-order chi connectivity index (χ0) is 21.1. The van der Waals surface area contributed by atoms with Gasteiger partial charge in [0.2, 0.25) is 10.0 Å². The van der Waals surface area contributed by atoms with Gasteiger partial charge in [-0.1, -0.05) is 23.8 Å². The maximum Gasteiger partial charge on any atom is 0.338 e. The smallest absolute Gasteiger partial charge is 0.338 e. The van der Waals surface area contributed by atoms with Gasteiger partial charge in [-0.3, -0.25) is 4.79 Å². The Labute approximate surface area is 165 Å². The van der Waals surface area contributed by atoms with Gasteiger partial charge in [0, 0.05) is 19.8 Å². The number of hydrogen-bond acceptors (Lipinski definition) is 5. The molecule has 0 bridgehead atoms. The predicted molar refractivity (Wildman–Crippen MR) is 107 cm³/mol. The minimum Gasteiger partial charge on any atom is -0.449 e. The van der Waals surface area contributed by atoms with Gasteiger partial charge in [0.25, 0.3) is 5.91 Å². The fourth-order valence-corrected chi connectivity index (χ4v) is 3.24. The minimum atomic E-state index is -3.63. The molecule has 0 spiro atoms. The van der Waals surface area contributed by atoms with Crippen molar-refractivity contribution in [1.82, 2.24) is 4.31 Å². The molecule has 0 saturated heterocycles. The van der Waals surface area contributed by atoms with Gasteiger partial charge >= 0.3 is 5.97 Å². The van der Waals surface area contributed by atoms with Crippen LogP contribution in [0.25, 0.3) is 0 Å². The highest BCUT2D eigenvalue weighted by Gasteiger charge is 2.22. The zero-order valence-corrected chi connectivity index (χ0v) is 17.3. The Kier molecular flexibility index (Phi) is 6.58. The highest BCUT2D eigenvalue weighted by atomic mass is 32.2. The van der Waals surface area contributed by atoms with Crippen molar-refractivity contribution in [2.24, 2.45) is 0 Å². The van der Waals surface area contributed by atoms with E-state index < -0.39 is 28.0 Å². The lowest BCUT2D eigenvalue weighted by molar-refractivity contribution is -0.123. The van der Waals surface area contributed by atoms with Crippen LogP contribution < -0.4 is 5.32 Å². The number of hydrogen-bond donors (Lipinski definition) is 1. The quantitative estimate of drug-likeness (QED) is 0.748. The van der Waals surface area contributed by atoms with Gasteiger partial charge in [-0.05, 0) is 50.6 Å². The van der Waals surface area contributed by atoms with Gasteiger partial charge in [0.05, 0.1) is 10.5 Å². The summed E-state index contributed by atoms with van der Waals surface area (Å²) in [7, 11) is -0.773. The molecular formula is C20H24N2O5S. The number of rotatable bonds is 6. The van der Waals surface area contributed by atoms with Crippen molar-refractivity contribution in [3.05, 3.63) is 59.2 Å². The molecule has 2 aromatic rings. The van der Waals surface area contributed by atoms with Crippen LogP contribution in [0.3, 0.4) is 0 Å². The first-order chi connectivity index (χ1) is 13.0. The second-order valence-corrected chi connectivity index (χ2v) is 8.82. The summed E-state index contributed by atoms with van der Waals surface area (Å²) >= 11 is 0. The highest BCUT2D eigenvalue weighted by molar-refractivity contribution is 7.89. The maximum atomic E-state index is 12.4. The van der Waals surface area contributed by atoms with Gasteiger partial charge in [0.1, 0.15) is 0 Å². The molecule has 0 aliphatic heterocycles. The molecule has 0 fully saturated rings. The molecule has 7 nitrogen and oxygen atoms in total. The molecule has 150 valence electrons. The van der Waals surface area contributed by atoms with Crippen molar-refractivity contribution in [1.29, 1.82) is 0 Å². The van der Waals surface area contributed by atoms with Gasteiger partial charge in [-0.2, -0.15) is 0 Å². The van der Waals surface area contributed by atoms with E-state index in [0.717, 1.165) is 9.87 Å². The zero-order valence-electron chi connectivity index (χ0n) is 16.5. The number of ether oxygens (including phenoxy) is 1. The third-order valence-corrected chi connectivity index (χ3v) is 6.00. The average molecular weight is 404 g/mol. The number of amides is 1. The largest absolute Gasteiger partial charge is 0.449 e. The lowest BCUT2D eigenvalue weighted by Gasteiger charge is -2.17. The Morgan fingerprint density at radius 3 is 2.21 bits per heavy atom. The van der Waals surface area contributed by atoms with Crippen molar-refractivity contribution in [3.63, 3.8) is 0 Å². The first-order valence-electron chi connectivity index (χ1n) is 8.64.